The second-order valence-corrected chi connectivity index (χ2v) is 6.81. The van der Waals surface area contributed by atoms with E-state index in [9.17, 15) is 0 Å². The highest BCUT2D eigenvalue weighted by Crippen LogP contribution is 2.18. The molecule has 0 aliphatic rings. The molecule has 156 valence electrons. The number of hydrogen-bond donors (Lipinski definition) is 2. The monoisotopic (exact) mass is 507 g/mol. The van der Waals surface area contributed by atoms with Crippen molar-refractivity contribution in [2.24, 2.45) is 4.99 Å². The van der Waals surface area contributed by atoms with Crippen molar-refractivity contribution in [3.63, 3.8) is 0 Å². The molecule has 1 aromatic heterocycles. The van der Waals surface area contributed by atoms with Crippen molar-refractivity contribution in [3.05, 3.63) is 59.4 Å². The molecule has 6 nitrogen and oxygen atoms in total. The molecule has 0 radical (unpaired) electrons. The fraction of sp³-hybridized carbons (Fsp3) is 0.364. The van der Waals surface area contributed by atoms with Crippen molar-refractivity contribution in [3.8, 4) is 5.75 Å². The number of aryl methyl sites for hydroxylation is 3. The first kappa shape index (κ1) is 23.0. The lowest BCUT2D eigenvalue weighted by molar-refractivity contribution is 0.411. The minimum atomic E-state index is 0. The molecule has 0 saturated carbocycles. The minimum absolute atomic E-state index is 0. The van der Waals surface area contributed by atoms with Gasteiger partial charge in [-0.05, 0) is 49.6 Å². The normalized spacial score (nSPS) is 11.2. The molecule has 0 bridgehead atoms. The number of aliphatic imine (C=N–C) groups is 1. The topological polar surface area (TPSA) is 63.5 Å². The number of hydrogen-bond acceptors (Lipinski definition) is 3. The highest BCUT2D eigenvalue weighted by atomic mass is 127. The summed E-state index contributed by atoms with van der Waals surface area (Å²) >= 11 is 0. The zero-order valence-electron chi connectivity index (χ0n) is 17.5. The number of fused-ring (bicyclic) bond motifs is 1. The molecule has 2 aromatic carbocycles. The van der Waals surface area contributed by atoms with Gasteiger partial charge in [0.05, 0.1) is 18.1 Å². The maximum absolute atomic E-state index is 5.32. The van der Waals surface area contributed by atoms with Gasteiger partial charge >= 0.3 is 0 Å². The summed E-state index contributed by atoms with van der Waals surface area (Å²) in [4.78, 5) is 8.93. The first-order valence-corrected chi connectivity index (χ1v) is 9.62. The largest absolute Gasteiger partial charge is 0.496 e. The Labute approximate surface area is 189 Å². The lowest BCUT2D eigenvalue weighted by Gasteiger charge is -2.13. The van der Waals surface area contributed by atoms with E-state index in [2.05, 4.69) is 69.4 Å². The molecule has 1 heterocycles. The Kier molecular flexibility index (Phi) is 8.75. The molecule has 0 aliphatic heterocycles. The summed E-state index contributed by atoms with van der Waals surface area (Å²) in [5, 5.41) is 6.75. The van der Waals surface area contributed by atoms with E-state index in [1.807, 2.05) is 12.1 Å². The van der Waals surface area contributed by atoms with Crippen LogP contribution in [0.4, 0.5) is 0 Å². The second-order valence-electron chi connectivity index (χ2n) is 6.81. The molecule has 0 fully saturated rings. The number of imidazole rings is 1. The van der Waals surface area contributed by atoms with Crippen molar-refractivity contribution in [1.29, 1.82) is 0 Å². The fourth-order valence-electron chi connectivity index (χ4n) is 3.38. The van der Waals surface area contributed by atoms with Gasteiger partial charge in [0.2, 0.25) is 0 Å². The molecule has 0 aliphatic carbocycles. The Balaban J connectivity index is 0.00000300. The standard InChI is InChI=1S/C22H29N5O.HI/c1-16-14-18(10-11-21(16)28-4)15-25-22(23-3)24-12-7-13-27-17(2)26-19-8-5-6-9-20(19)27;/h5-6,8-11,14H,7,12-13,15H2,1-4H3,(H2,23,24,25);1H. The van der Waals surface area contributed by atoms with Crippen LogP contribution >= 0.6 is 24.0 Å². The Hall–Kier alpha value is -2.29. The molecule has 0 amide bonds. The first-order valence-electron chi connectivity index (χ1n) is 9.62. The summed E-state index contributed by atoms with van der Waals surface area (Å²) < 4.78 is 7.59. The van der Waals surface area contributed by atoms with Crippen molar-refractivity contribution < 1.29 is 4.74 Å². The van der Waals surface area contributed by atoms with Crippen molar-refractivity contribution in [2.45, 2.75) is 33.4 Å². The summed E-state index contributed by atoms with van der Waals surface area (Å²) in [6.45, 7) is 6.60. The Morgan fingerprint density at radius 1 is 1.14 bits per heavy atom. The number of nitrogens with zero attached hydrogens (tertiary/aromatic N) is 3. The van der Waals surface area contributed by atoms with Crippen LogP contribution in [-0.2, 0) is 13.1 Å². The van der Waals surface area contributed by atoms with E-state index < -0.39 is 0 Å². The number of nitrogens with one attached hydrogen (secondary N) is 2. The molecule has 3 rings (SSSR count). The third kappa shape index (κ3) is 5.85. The third-order valence-electron chi connectivity index (χ3n) is 4.84. The van der Waals surface area contributed by atoms with Crippen LogP contribution in [0, 0.1) is 13.8 Å². The highest BCUT2D eigenvalue weighted by molar-refractivity contribution is 14.0. The maximum Gasteiger partial charge on any atom is 0.191 e. The van der Waals surface area contributed by atoms with Crippen molar-refractivity contribution in [2.75, 3.05) is 20.7 Å². The molecule has 7 heteroatoms. The number of ether oxygens (including phenoxy) is 1. The first-order chi connectivity index (χ1) is 13.6. The Morgan fingerprint density at radius 3 is 2.66 bits per heavy atom. The second kappa shape index (κ2) is 11.0. The Morgan fingerprint density at radius 2 is 1.93 bits per heavy atom. The molecule has 3 aromatic rings. The molecule has 0 spiro atoms. The fourth-order valence-corrected chi connectivity index (χ4v) is 3.38. The average Bonchev–Trinajstić information content (AvgIpc) is 3.02. The van der Waals surface area contributed by atoms with Gasteiger partial charge < -0.3 is 19.9 Å². The van der Waals surface area contributed by atoms with Crippen molar-refractivity contribution in [1.82, 2.24) is 20.2 Å². The number of para-hydroxylation sites is 2. The van der Waals surface area contributed by atoms with Crippen LogP contribution in [0.3, 0.4) is 0 Å². The number of rotatable bonds is 7. The van der Waals surface area contributed by atoms with Gasteiger partial charge in [0.15, 0.2) is 5.96 Å². The van der Waals surface area contributed by atoms with E-state index in [4.69, 9.17) is 4.74 Å². The van der Waals surface area contributed by atoms with Crippen LogP contribution in [-0.4, -0.2) is 36.2 Å². The summed E-state index contributed by atoms with van der Waals surface area (Å²) in [6.07, 6.45) is 0.990. The number of methoxy groups -OCH3 is 1. The highest BCUT2D eigenvalue weighted by Gasteiger charge is 2.06. The zero-order chi connectivity index (χ0) is 19.9. The van der Waals surface area contributed by atoms with Crippen molar-refractivity contribution >= 4 is 41.0 Å². The van der Waals surface area contributed by atoms with Crippen LogP contribution < -0.4 is 15.4 Å². The summed E-state index contributed by atoms with van der Waals surface area (Å²) in [6, 6.07) is 14.5. The van der Waals surface area contributed by atoms with Gasteiger partial charge in [-0.15, -0.1) is 24.0 Å². The summed E-state index contributed by atoms with van der Waals surface area (Å²) in [7, 11) is 3.49. The van der Waals surface area contributed by atoms with E-state index >= 15 is 0 Å². The van der Waals surface area contributed by atoms with Gasteiger partial charge in [-0.1, -0.05) is 24.3 Å². The predicted molar refractivity (Wildman–Crippen MR) is 130 cm³/mol. The van der Waals surface area contributed by atoms with Gasteiger partial charge in [-0.25, -0.2) is 4.98 Å². The van der Waals surface area contributed by atoms with E-state index in [0.717, 1.165) is 54.7 Å². The Bertz CT molecular complexity index is 967. The molecule has 29 heavy (non-hydrogen) atoms. The molecule has 0 unspecified atom stereocenters. The SMILES string of the molecule is CN=C(NCCCn1c(C)nc2ccccc21)NCc1ccc(OC)c(C)c1.I. The van der Waals surface area contributed by atoms with Gasteiger partial charge in [0, 0.05) is 26.7 Å². The number of aromatic nitrogens is 2. The molecular weight excluding hydrogens is 477 g/mol. The number of halogens is 1. The lowest BCUT2D eigenvalue weighted by Crippen LogP contribution is -2.37. The summed E-state index contributed by atoms with van der Waals surface area (Å²) in [5.74, 6) is 2.77. The zero-order valence-corrected chi connectivity index (χ0v) is 19.9. The molecule has 0 saturated heterocycles. The van der Waals surface area contributed by atoms with Crippen LogP contribution in [0.1, 0.15) is 23.4 Å². The van der Waals surface area contributed by atoms with Crippen LogP contribution in [0.2, 0.25) is 0 Å². The minimum Gasteiger partial charge on any atom is -0.496 e. The van der Waals surface area contributed by atoms with Gasteiger partial charge in [-0.3, -0.25) is 4.99 Å². The predicted octanol–water partition coefficient (Wildman–Crippen LogP) is 4.04. The maximum atomic E-state index is 5.32. The number of benzene rings is 2. The van der Waals surface area contributed by atoms with E-state index in [1.165, 1.54) is 11.1 Å². The molecule has 2 N–H and O–H groups in total. The average molecular weight is 507 g/mol. The lowest BCUT2D eigenvalue weighted by atomic mass is 10.1. The van der Waals surface area contributed by atoms with E-state index in [-0.39, 0.29) is 24.0 Å². The van der Waals surface area contributed by atoms with E-state index in [0.29, 0.717) is 0 Å². The van der Waals surface area contributed by atoms with Gasteiger partial charge in [0.1, 0.15) is 11.6 Å². The molecular formula is C22H30IN5O. The van der Waals surface area contributed by atoms with Gasteiger partial charge in [0.25, 0.3) is 0 Å². The van der Waals surface area contributed by atoms with Gasteiger partial charge in [-0.2, -0.15) is 0 Å². The van der Waals surface area contributed by atoms with Crippen LogP contribution in [0.15, 0.2) is 47.5 Å². The number of guanidine groups is 1. The van der Waals surface area contributed by atoms with Crippen LogP contribution in [0.5, 0.6) is 5.75 Å². The third-order valence-corrected chi connectivity index (χ3v) is 4.84. The van der Waals surface area contributed by atoms with E-state index in [1.54, 1.807) is 14.2 Å². The molecule has 0 atom stereocenters. The summed E-state index contributed by atoms with van der Waals surface area (Å²) in [5.41, 5.74) is 4.58. The van der Waals surface area contributed by atoms with Crippen LogP contribution in [0.25, 0.3) is 11.0 Å². The smallest absolute Gasteiger partial charge is 0.191 e. The quantitative estimate of drug-likeness (QED) is 0.220.